The molecule has 6 N–H and O–H groups in total. The summed E-state index contributed by atoms with van der Waals surface area (Å²) >= 11 is 0. The molecule has 2 atom stereocenters. The molecule has 4 aromatic rings. The lowest BCUT2D eigenvalue weighted by molar-refractivity contribution is 0.0852. The first kappa shape index (κ1) is 42.1. The van der Waals surface area contributed by atoms with E-state index in [1.165, 1.54) is 0 Å². The van der Waals surface area contributed by atoms with Gasteiger partial charge in [0.15, 0.2) is 17.6 Å². The number of carbonyl (C=O) groups excluding carboxylic acids is 1. The van der Waals surface area contributed by atoms with Crippen molar-refractivity contribution in [3.05, 3.63) is 105 Å². The van der Waals surface area contributed by atoms with E-state index in [0.717, 1.165) is 49.7 Å². The number of oxime groups is 1. The van der Waals surface area contributed by atoms with Gasteiger partial charge in [0.2, 0.25) is 5.75 Å². The van der Waals surface area contributed by atoms with Crippen molar-refractivity contribution in [2.75, 3.05) is 39.9 Å². The average molecular weight is 800 g/mol. The number of hydrogen-bond donors (Lipinski definition) is 6. The van der Waals surface area contributed by atoms with Crippen molar-refractivity contribution in [1.29, 1.82) is 0 Å². The van der Waals surface area contributed by atoms with E-state index >= 15 is 0 Å². The SMILES string of the molecule is COc1ccc2c(c1)C(=O)NC(c1ccc(OCCCCCCCCOc3c(OC)cc(C4CC(c5cc(CO)c(CO)c(CO)c5)=NO4)cc3OC)c(CO)c1)N2. The molecule has 58 heavy (non-hydrogen) atoms. The van der Waals surface area contributed by atoms with Gasteiger partial charge in [-0.25, -0.2) is 0 Å². The van der Waals surface area contributed by atoms with Gasteiger partial charge in [-0.15, -0.1) is 0 Å². The second kappa shape index (κ2) is 20.2. The third kappa shape index (κ3) is 9.76. The Hall–Kier alpha value is -5.54. The lowest BCUT2D eigenvalue weighted by atomic mass is 9.93. The molecule has 2 unspecified atom stereocenters. The van der Waals surface area contributed by atoms with Gasteiger partial charge in [0.05, 0.1) is 72.2 Å². The average Bonchev–Trinajstić information content (AvgIpc) is 3.76. The van der Waals surface area contributed by atoms with Gasteiger partial charge in [-0.05, 0) is 89.7 Å². The number of nitrogens with zero attached hydrogens (tertiary/aromatic N) is 1. The molecule has 14 heteroatoms. The van der Waals surface area contributed by atoms with Crippen molar-refractivity contribution in [3.8, 4) is 28.7 Å². The Kier molecular flexibility index (Phi) is 14.7. The van der Waals surface area contributed by atoms with Crippen LogP contribution in [0.25, 0.3) is 0 Å². The smallest absolute Gasteiger partial charge is 0.255 e. The summed E-state index contributed by atoms with van der Waals surface area (Å²) in [6, 6.07) is 18.1. The predicted molar refractivity (Wildman–Crippen MR) is 217 cm³/mol. The maximum absolute atomic E-state index is 12.8. The van der Waals surface area contributed by atoms with Crippen molar-refractivity contribution < 1.29 is 53.7 Å². The van der Waals surface area contributed by atoms with Crippen LogP contribution in [0.1, 0.15) is 107 Å². The van der Waals surface area contributed by atoms with E-state index in [0.29, 0.717) is 93.2 Å². The first-order valence-electron chi connectivity index (χ1n) is 19.5. The zero-order valence-electron chi connectivity index (χ0n) is 33.2. The fourth-order valence-corrected chi connectivity index (χ4v) is 7.25. The third-order valence-electron chi connectivity index (χ3n) is 10.5. The van der Waals surface area contributed by atoms with Crippen LogP contribution in [0.4, 0.5) is 5.69 Å². The molecule has 0 saturated heterocycles. The largest absolute Gasteiger partial charge is 0.497 e. The molecule has 310 valence electrons. The van der Waals surface area contributed by atoms with Crippen LogP contribution in [0.5, 0.6) is 28.7 Å². The van der Waals surface area contributed by atoms with E-state index in [1.807, 2.05) is 36.4 Å². The topological polar surface area (TPSA) is 190 Å². The standard InChI is InChI=1S/C44H53N3O11/c1-53-33-11-12-36-34(21-33)44(52)46-43(45-36)27-10-13-38(32(16-27)25-50)56-14-8-6-4-5-7-9-15-57-42-40(54-2)19-29(20-41(42)55-3)39-22-37(47-58-39)28-17-30(23-48)35(26-51)31(18-28)24-49/h10-13,16-21,39,43,45,48-51H,4-9,14-15,22-26H2,1-3H3,(H,46,52). The molecule has 2 heterocycles. The van der Waals surface area contributed by atoms with E-state index < -0.39 is 12.3 Å². The molecule has 0 bridgehead atoms. The lowest BCUT2D eigenvalue weighted by Crippen LogP contribution is -2.38. The molecule has 1 amide bonds. The lowest BCUT2D eigenvalue weighted by Gasteiger charge is -2.29. The summed E-state index contributed by atoms with van der Waals surface area (Å²) in [5.41, 5.74) is 6.43. The van der Waals surface area contributed by atoms with E-state index in [9.17, 15) is 25.2 Å². The van der Waals surface area contributed by atoms with E-state index in [1.54, 1.807) is 45.6 Å². The highest BCUT2D eigenvalue weighted by atomic mass is 16.6. The van der Waals surface area contributed by atoms with Crippen LogP contribution in [0.2, 0.25) is 0 Å². The van der Waals surface area contributed by atoms with Crippen molar-refractivity contribution in [1.82, 2.24) is 5.32 Å². The minimum Gasteiger partial charge on any atom is -0.497 e. The molecule has 0 fully saturated rings. The van der Waals surface area contributed by atoms with E-state index in [-0.39, 0.29) is 32.3 Å². The molecule has 0 spiro atoms. The molecule has 2 aliphatic heterocycles. The number of anilines is 1. The highest BCUT2D eigenvalue weighted by Gasteiger charge is 2.29. The number of ether oxygens (including phenoxy) is 5. The summed E-state index contributed by atoms with van der Waals surface area (Å²) < 4.78 is 28.8. The number of benzene rings is 4. The monoisotopic (exact) mass is 799 g/mol. The van der Waals surface area contributed by atoms with E-state index in [2.05, 4.69) is 15.8 Å². The second-order valence-corrected chi connectivity index (χ2v) is 14.1. The minimum atomic E-state index is -0.445. The number of methoxy groups -OCH3 is 3. The van der Waals surface area contributed by atoms with Gasteiger partial charge in [0.1, 0.15) is 17.7 Å². The fraction of sp³-hybridized carbons (Fsp3) is 0.409. The van der Waals surface area contributed by atoms with Crippen LogP contribution in [0, 0.1) is 0 Å². The van der Waals surface area contributed by atoms with Crippen LogP contribution in [0.15, 0.2) is 65.8 Å². The summed E-state index contributed by atoms with van der Waals surface area (Å²) in [6.07, 6.45) is 5.42. The van der Waals surface area contributed by atoms with Crippen LogP contribution in [-0.2, 0) is 31.3 Å². The van der Waals surface area contributed by atoms with E-state index in [4.69, 9.17) is 28.5 Å². The Labute approximate surface area is 338 Å². The summed E-state index contributed by atoms with van der Waals surface area (Å²) in [4.78, 5) is 18.6. The van der Waals surface area contributed by atoms with Crippen molar-refractivity contribution in [2.24, 2.45) is 5.16 Å². The number of amides is 1. The molecular weight excluding hydrogens is 746 g/mol. The molecular formula is C44H53N3O11. The van der Waals surface area contributed by atoms with Gasteiger partial charge in [-0.1, -0.05) is 36.9 Å². The zero-order chi connectivity index (χ0) is 41.0. The van der Waals surface area contributed by atoms with Gasteiger partial charge in [0, 0.05) is 28.8 Å². The van der Waals surface area contributed by atoms with Crippen molar-refractivity contribution >= 4 is 17.3 Å². The maximum atomic E-state index is 12.8. The summed E-state index contributed by atoms with van der Waals surface area (Å²) in [6.45, 7) is 0.00607. The summed E-state index contributed by atoms with van der Waals surface area (Å²) in [5, 5.41) is 50.1. The van der Waals surface area contributed by atoms with Crippen LogP contribution in [-0.4, -0.2) is 66.6 Å². The Bertz CT molecular complexity index is 2020. The highest BCUT2D eigenvalue weighted by Crippen LogP contribution is 2.43. The van der Waals surface area contributed by atoms with Crippen LogP contribution in [0.3, 0.4) is 0 Å². The molecule has 6 rings (SSSR count). The number of rotatable bonds is 21. The van der Waals surface area contributed by atoms with Crippen molar-refractivity contribution in [3.63, 3.8) is 0 Å². The quantitative estimate of drug-likeness (QED) is 0.0525. The number of hydrogen-bond acceptors (Lipinski definition) is 13. The molecule has 0 saturated carbocycles. The predicted octanol–water partition coefficient (Wildman–Crippen LogP) is 6.20. The highest BCUT2D eigenvalue weighted by molar-refractivity contribution is 6.02. The van der Waals surface area contributed by atoms with Gasteiger partial charge < -0.3 is 59.6 Å². The normalized spacial score (nSPS) is 15.8. The number of nitrogens with one attached hydrogen (secondary N) is 2. The molecule has 2 aliphatic rings. The summed E-state index contributed by atoms with van der Waals surface area (Å²) in [7, 11) is 4.72. The number of fused-ring (bicyclic) bond motifs is 1. The number of carbonyl (C=O) groups is 1. The molecule has 0 aliphatic carbocycles. The first-order valence-corrected chi connectivity index (χ1v) is 19.5. The maximum Gasteiger partial charge on any atom is 0.255 e. The zero-order valence-corrected chi connectivity index (χ0v) is 33.2. The Morgan fingerprint density at radius 2 is 1.33 bits per heavy atom. The van der Waals surface area contributed by atoms with Crippen LogP contribution >= 0.6 is 0 Å². The van der Waals surface area contributed by atoms with Gasteiger partial charge in [0.25, 0.3) is 5.91 Å². The fourth-order valence-electron chi connectivity index (χ4n) is 7.25. The number of aliphatic hydroxyl groups excluding tert-OH is 4. The third-order valence-corrected chi connectivity index (χ3v) is 10.5. The Morgan fingerprint density at radius 1 is 0.672 bits per heavy atom. The molecule has 0 aromatic heterocycles. The number of aliphatic hydroxyl groups is 4. The molecule has 0 radical (unpaired) electrons. The molecule has 4 aromatic carbocycles. The minimum absolute atomic E-state index is 0.185. The van der Waals surface area contributed by atoms with Gasteiger partial charge in [-0.3, -0.25) is 4.79 Å². The first-order chi connectivity index (χ1) is 28.3. The van der Waals surface area contributed by atoms with Crippen molar-refractivity contribution in [2.45, 2.75) is 83.6 Å². The number of unbranched alkanes of at least 4 members (excludes halogenated alkanes) is 5. The van der Waals surface area contributed by atoms with Gasteiger partial charge >= 0.3 is 0 Å². The molecule has 14 nitrogen and oxygen atoms in total. The summed E-state index contributed by atoms with van der Waals surface area (Å²) in [5.74, 6) is 2.60. The van der Waals surface area contributed by atoms with Gasteiger partial charge in [-0.2, -0.15) is 0 Å². The second-order valence-electron chi connectivity index (χ2n) is 14.1. The van der Waals surface area contributed by atoms with Crippen LogP contribution < -0.4 is 34.3 Å². The Morgan fingerprint density at radius 3 is 1.95 bits per heavy atom. The Balaban J connectivity index is 0.916.